The van der Waals surface area contributed by atoms with Crippen molar-refractivity contribution < 1.29 is 9.84 Å². The number of aliphatic hydroxyl groups excluding tert-OH is 1. The lowest BCUT2D eigenvalue weighted by Crippen LogP contribution is -2.40. The molecule has 1 atom stereocenters. The first-order chi connectivity index (χ1) is 15.8. The van der Waals surface area contributed by atoms with E-state index >= 15 is 0 Å². The van der Waals surface area contributed by atoms with Crippen LogP contribution in [0, 0.1) is 0 Å². The Balaban J connectivity index is 1.24. The predicted molar refractivity (Wildman–Crippen MR) is 123 cm³/mol. The second-order valence-corrected chi connectivity index (χ2v) is 8.31. The molecule has 7 nitrogen and oxygen atoms in total. The predicted octanol–water partition coefficient (Wildman–Crippen LogP) is 3.64. The molecule has 1 saturated heterocycles. The van der Waals surface area contributed by atoms with Gasteiger partial charge in [-0.2, -0.15) is 5.10 Å². The molecule has 4 aromatic rings. The SMILES string of the molecule is OC(COc1ccc2ccccc2c1-c1ccncc1)CN1CCC(c2ncn[nH]2)CC1. The maximum absolute atomic E-state index is 10.7. The summed E-state index contributed by atoms with van der Waals surface area (Å²) in [6.07, 6.45) is 6.61. The van der Waals surface area contributed by atoms with E-state index in [0.29, 0.717) is 12.5 Å². The van der Waals surface area contributed by atoms with Gasteiger partial charge in [-0.3, -0.25) is 10.1 Å². The first kappa shape index (κ1) is 20.6. The molecule has 0 aliphatic carbocycles. The van der Waals surface area contributed by atoms with Crippen molar-refractivity contribution in [1.82, 2.24) is 25.1 Å². The zero-order chi connectivity index (χ0) is 21.8. The van der Waals surface area contributed by atoms with Crippen LogP contribution in [0.5, 0.6) is 5.75 Å². The zero-order valence-electron chi connectivity index (χ0n) is 17.9. The summed E-state index contributed by atoms with van der Waals surface area (Å²) in [5.74, 6) is 2.16. The second-order valence-electron chi connectivity index (χ2n) is 8.31. The first-order valence-electron chi connectivity index (χ1n) is 11.1. The molecule has 164 valence electrons. The highest BCUT2D eigenvalue weighted by Gasteiger charge is 2.24. The molecular formula is C25H27N5O2. The summed E-state index contributed by atoms with van der Waals surface area (Å²) in [7, 11) is 0. The second kappa shape index (κ2) is 9.46. The monoisotopic (exact) mass is 429 g/mol. The number of benzene rings is 2. The molecule has 0 radical (unpaired) electrons. The fourth-order valence-corrected chi connectivity index (χ4v) is 4.53. The Labute approximate surface area is 187 Å². The average molecular weight is 430 g/mol. The number of ether oxygens (including phenoxy) is 1. The Morgan fingerprint density at radius 1 is 1.06 bits per heavy atom. The van der Waals surface area contributed by atoms with Crippen LogP contribution in [0.2, 0.25) is 0 Å². The number of piperidine rings is 1. The van der Waals surface area contributed by atoms with Crippen molar-refractivity contribution in [3.8, 4) is 16.9 Å². The van der Waals surface area contributed by atoms with Gasteiger partial charge in [0.15, 0.2) is 0 Å². The Morgan fingerprint density at radius 3 is 2.66 bits per heavy atom. The minimum Gasteiger partial charge on any atom is -0.490 e. The van der Waals surface area contributed by atoms with Gasteiger partial charge in [0, 0.05) is 30.4 Å². The number of H-pyrrole nitrogens is 1. The van der Waals surface area contributed by atoms with E-state index in [1.807, 2.05) is 30.3 Å². The third-order valence-corrected chi connectivity index (χ3v) is 6.17. The highest BCUT2D eigenvalue weighted by Crippen LogP contribution is 2.37. The lowest BCUT2D eigenvalue weighted by Gasteiger charge is -2.32. The Hall–Kier alpha value is -3.29. The largest absolute Gasteiger partial charge is 0.490 e. The van der Waals surface area contributed by atoms with Gasteiger partial charge in [-0.1, -0.05) is 30.3 Å². The first-order valence-corrected chi connectivity index (χ1v) is 11.1. The lowest BCUT2D eigenvalue weighted by atomic mass is 9.96. The molecule has 7 heteroatoms. The van der Waals surface area contributed by atoms with Gasteiger partial charge in [0.05, 0.1) is 0 Å². The molecule has 2 aromatic carbocycles. The molecule has 2 aromatic heterocycles. The van der Waals surface area contributed by atoms with Crippen LogP contribution in [0.25, 0.3) is 21.9 Å². The number of aliphatic hydroxyl groups is 1. The number of aromatic nitrogens is 4. The minimum absolute atomic E-state index is 0.248. The summed E-state index contributed by atoms with van der Waals surface area (Å²) in [5.41, 5.74) is 2.08. The van der Waals surface area contributed by atoms with Gasteiger partial charge in [0.25, 0.3) is 0 Å². The fourth-order valence-electron chi connectivity index (χ4n) is 4.53. The van der Waals surface area contributed by atoms with Gasteiger partial charge in [-0.05, 0) is 60.5 Å². The lowest BCUT2D eigenvalue weighted by molar-refractivity contribution is 0.0593. The van der Waals surface area contributed by atoms with Crippen LogP contribution in [0.4, 0.5) is 0 Å². The van der Waals surface area contributed by atoms with Crippen LogP contribution < -0.4 is 4.74 Å². The van der Waals surface area contributed by atoms with Crippen LogP contribution in [-0.2, 0) is 0 Å². The highest BCUT2D eigenvalue weighted by molar-refractivity contribution is 5.99. The molecule has 3 heterocycles. The molecule has 0 spiro atoms. The van der Waals surface area contributed by atoms with E-state index in [-0.39, 0.29) is 6.61 Å². The van der Waals surface area contributed by atoms with Crippen LogP contribution in [-0.4, -0.2) is 62.5 Å². The van der Waals surface area contributed by atoms with Crippen molar-refractivity contribution >= 4 is 10.8 Å². The van der Waals surface area contributed by atoms with E-state index in [0.717, 1.165) is 59.4 Å². The molecular weight excluding hydrogens is 402 g/mol. The summed E-state index contributed by atoms with van der Waals surface area (Å²) in [6.45, 7) is 2.71. The summed E-state index contributed by atoms with van der Waals surface area (Å²) in [5, 5.41) is 19.9. The number of rotatable bonds is 7. The third kappa shape index (κ3) is 4.49. The Kier molecular flexibility index (Phi) is 6.09. The maximum Gasteiger partial charge on any atom is 0.137 e. The van der Waals surface area contributed by atoms with Gasteiger partial charge in [0.2, 0.25) is 0 Å². The third-order valence-electron chi connectivity index (χ3n) is 6.17. The van der Waals surface area contributed by atoms with E-state index < -0.39 is 6.10 Å². The van der Waals surface area contributed by atoms with E-state index in [1.54, 1.807) is 18.7 Å². The molecule has 32 heavy (non-hydrogen) atoms. The highest BCUT2D eigenvalue weighted by atomic mass is 16.5. The molecule has 0 amide bonds. The van der Waals surface area contributed by atoms with Crippen molar-refractivity contribution in [3.63, 3.8) is 0 Å². The van der Waals surface area contributed by atoms with Crippen LogP contribution in [0.1, 0.15) is 24.6 Å². The van der Waals surface area contributed by atoms with Gasteiger partial charge in [-0.15, -0.1) is 0 Å². The van der Waals surface area contributed by atoms with E-state index in [2.05, 4.69) is 43.3 Å². The van der Waals surface area contributed by atoms with Gasteiger partial charge >= 0.3 is 0 Å². The quantitative estimate of drug-likeness (QED) is 0.466. The Bertz CT molecular complexity index is 1140. The molecule has 1 fully saturated rings. The zero-order valence-corrected chi connectivity index (χ0v) is 17.9. The van der Waals surface area contributed by atoms with Crippen LogP contribution in [0.3, 0.4) is 0 Å². The number of nitrogens with one attached hydrogen (secondary N) is 1. The van der Waals surface area contributed by atoms with Crippen molar-refractivity contribution in [3.05, 3.63) is 73.1 Å². The summed E-state index contributed by atoms with van der Waals surface area (Å²) in [4.78, 5) is 10.7. The van der Waals surface area contributed by atoms with E-state index in [9.17, 15) is 5.11 Å². The van der Waals surface area contributed by atoms with Crippen LogP contribution >= 0.6 is 0 Å². The average Bonchev–Trinajstić information content (AvgIpc) is 3.38. The molecule has 1 aliphatic rings. The number of aromatic amines is 1. The molecule has 1 aliphatic heterocycles. The molecule has 0 bridgehead atoms. The number of hydrogen-bond acceptors (Lipinski definition) is 6. The van der Waals surface area contributed by atoms with E-state index in [1.165, 1.54) is 0 Å². The summed E-state index contributed by atoms with van der Waals surface area (Å²) in [6, 6.07) is 16.3. The topological polar surface area (TPSA) is 87.2 Å². The van der Waals surface area contributed by atoms with Crippen LogP contribution in [0.15, 0.2) is 67.3 Å². The minimum atomic E-state index is -0.561. The molecule has 0 saturated carbocycles. The van der Waals surface area contributed by atoms with Crippen molar-refractivity contribution in [2.45, 2.75) is 24.9 Å². The number of pyridine rings is 1. The number of likely N-dealkylation sites (tertiary alicyclic amines) is 1. The summed E-state index contributed by atoms with van der Waals surface area (Å²) < 4.78 is 6.16. The van der Waals surface area contributed by atoms with Gasteiger partial charge < -0.3 is 14.7 Å². The maximum atomic E-state index is 10.7. The molecule has 1 unspecified atom stereocenters. The molecule has 5 rings (SSSR count). The smallest absolute Gasteiger partial charge is 0.137 e. The van der Waals surface area contributed by atoms with Crippen molar-refractivity contribution in [2.75, 3.05) is 26.2 Å². The van der Waals surface area contributed by atoms with E-state index in [4.69, 9.17) is 4.74 Å². The Morgan fingerprint density at radius 2 is 1.88 bits per heavy atom. The van der Waals surface area contributed by atoms with Gasteiger partial charge in [-0.25, -0.2) is 4.98 Å². The number of fused-ring (bicyclic) bond motifs is 1. The summed E-state index contributed by atoms with van der Waals surface area (Å²) >= 11 is 0. The van der Waals surface area contributed by atoms with Crippen molar-refractivity contribution in [2.24, 2.45) is 0 Å². The van der Waals surface area contributed by atoms with Gasteiger partial charge in [0.1, 0.15) is 30.6 Å². The molecule has 2 N–H and O–H groups in total. The number of nitrogens with zero attached hydrogens (tertiary/aromatic N) is 4. The fraction of sp³-hybridized carbons (Fsp3) is 0.320. The standard InChI is InChI=1S/C25H27N5O2/c31-21(15-30-13-9-20(10-14-30)25-27-17-28-29-25)16-32-23-6-5-18-3-1-2-4-22(18)24(23)19-7-11-26-12-8-19/h1-8,11-12,17,20-21,31H,9-10,13-16H2,(H,27,28,29). The normalized spacial score (nSPS) is 16.3. The number of hydrogen-bond donors (Lipinski definition) is 2. The van der Waals surface area contributed by atoms with Crippen molar-refractivity contribution in [1.29, 1.82) is 0 Å². The number of β-amino-alcohol motifs (C(OH)–C–C–N with tert-alkyl or cyclic N) is 1.